The lowest BCUT2D eigenvalue weighted by Crippen LogP contribution is -2.43. The zero-order valence-electron chi connectivity index (χ0n) is 6.81. The van der Waals surface area contributed by atoms with Crippen molar-refractivity contribution in [3.63, 3.8) is 0 Å². The first kappa shape index (κ1) is 12.3. The van der Waals surface area contributed by atoms with Gasteiger partial charge in [0.2, 0.25) is 0 Å². The van der Waals surface area contributed by atoms with Gasteiger partial charge >= 0.3 is 0 Å². The molecular formula is C4H8F6N2S2. The van der Waals surface area contributed by atoms with Gasteiger partial charge in [0, 0.05) is 26.2 Å². The number of piperazine rings is 1. The number of hydrogen-bond donors (Lipinski definition) is 0. The lowest BCUT2D eigenvalue weighted by atomic mass is 10.4. The van der Waals surface area contributed by atoms with Crippen LogP contribution in [0.25, 0.3) is 0 Å². The normalized spacial score (nSPS) is 25.0. The summed E-state index contributed by atoms with van der Waals surface area (Å²) in [7, 11) is 0. The van der Waals surface area contributed by atoms with Gasteiger partial charge in [0.05, 0.1) is 0 Å². The van der Waals surface area contributed by atoms with Crippen molar-refractivity contribution in [3.8, 4) is 0 Å². The molecule has 1 fully saturated rings. The first-order chi connectivity index (χ1) is 6.21. The van der Waals surface area contributed by atoms with E-state index in [1.54, 1.807) is 0 Å². The van der Waals surface area contributed by atoms with Crippen LogP contribution in [0.1, 0.15) is 0 Å². The standard InChI is InChI=1S/C4H8F6N2S2/c5-13(6,7)11-1-2-12(4-3-11)14(8,9)10/h1-4H2. The van der Waals surface area contributed by atoms with Gasteiger partial charge < -0.3 is 0 Å². The molecule has 0 aromatic carbocycles. The average Bonchev–Trinajstić information content (AvgIpc) is 2.01. The summed E-state index contributed by atoms with van der Waals surface area (Å²) in [6.45, 7) is -2.31. The zero-order valence-corrected chi connectivity index (χ0v) is 8.44. The van der Waals surface area contributed by atoms with Crippen molar-refractivity contribution in [3.05, 3.63) is 0 Å². The summed E-state index contributed by atoms with van der Waals surface area (Å²) in [4.78, 5) is 0. The number of rotatable bonds is 2. The van der Waals surface area contributed by atoms with E-state index in [0.717, 1.165) is 0 Å². The topological polar surface area (TPSA) is 6.48 Å². The Morgan fingerprint density at radius 2 is 0.786 bits per heavy atom. The van der Waals surface area contributed by atoms with Crippen LogP contribution in [0.15, 0.2) is 0 Å². The van der Waals surface area contributed by atoms with Crippen LogP contribution < -0.4 is 0 Å². The van der Waals surface area contributed by atoms with Crippen LogP contribution in [0.3, 0.4) is 0 Å². The molecule has 1 heterocycles. The molecular weight excluding hydrogens is 254 g/mol. The fraction of sp³-hybridized carbons (Fsp3) is 1.00. The molecule has 88 valence electrons. The van der Waals surface area contributed by atoms with E-state index in [-0.39, 0.29) is 8.61 Å². The van der Waals surface area contributed by atoms with Crippen LogP contribution in [0.5, 0.6) is 0 Å². The van der Waals surface area contributed by atoms with Crippen LogP contribution >= 0.6 is 22.7 Å². The fourth-order valence-electron chi connectivity index (χ4n) is 1.08. The van der Waals surface area contributed by atoms with Gasteiger partial charge in [-0.25, -0.2) is 0 Å². The Bertz CT molecular complexity index is 173. The summed E-state index contributed by atoms with van der Waals surface area (Å²) in [6, 6.07) is 0. The first-order valence-corrected chi connectivity index (χ1v) is 6.14. The Morgan fingerprint density at radius 1 is 0.571 bits per heavy atom. The number of halogens is 6. The quantitative estimate of drug-likeness (QED) is 0.704. The van der Waals surface area contributed by atoms with Crippen molar-refractivity contribution < 1.29 is 23.3 Å². The van der Waals surface area contributed by atoms with E-state index in [9.17, 15) is 23.3 Å². The van der Waals surface area contributed by atoms with E-state index in [1.807, 2.05) is 0 Å². The lowest BCUT2D eigenvalue weighted by molar-refractivity contribution is 0.250. The van der Waals surface area contributed by atoms with Crippen molar-refractivity contribution >= 4 is 22.7 Å². The first-order valence-electron chi connectivity index (χ1n) is 3.56. The summed E-state index contributed by atoms with van der Waals surface area (Å²) >= 11 is -10.7. The van der Waals surface area contributed by atoms with Crippen LogP contribution in [0.2, 0.25) is 0 Å². The molecule has 1 aliphatic rings. The predicted molar refractivity (Wildman–Crippen MR) is 45.0 cm³/mol. The number of hydrogen-bond acceptors (Lipinski definition) is 2. The van der Waals surface area contributed by atoms with Crippen molar-refractivity contribution in [2.75, 3.05) is 26.2 Å². The SMILES string of the molecule is FS(F)(F)N1CCN(S(F)(F)F)CC1. The molecule has 0 aromatic rings. The molecule has 0 amide bonds. The molecule has 1 rings (SSSR count). The van der Waals surface area contributed by atoms with Crippen LogP contribution in [0.4, 0.5) is 23.3 Å². The summed E-state index contributed by atoms with van der Waals surface area (Å²) in [5.41, 5.74) is 0. The van der Waals surface area contributed by atoms with Crippen molar-refractivity contribution in [2.45, 2.75) is 0 Å². The highest BCUT2D eigenvalue weighted by Gasteiger charge is 2.40. The summed E-state index contributed by atoms with van der Waals surface area (Å²) in [5.74, 6) is 0. The Balaban J connectivity index is 2.47. The Hall–Kier alpha value is 0.200. The average molecular weight is 262 g/mol. The molecule has 0 spiro atoms. The van der Waals surface area contributed by atoms with Gasteiger partial charge in [0.25, 0.3) is 22.7 Å². The molecule has 1 saturated heterocycles. The minimum atomic E-state index is -5.35. The molecule has 0 saturated carbocycles. The molecule has 0 atom stereocenters. The Kier molecular flexibility index (Phi) is 3.49. The van der Waals surface area contributed by atoms with Gasteiger partial charge in [-0.1, -0.05) is 0 Å². The number of nitrogens with zero attached hydrogens (tertiary/aromatic N) is 2. The maximum atomic E-state index is 12.1. The van der Waals surface area contributed by atoms with Crippen molar-refractivity contribution in [1.82, 2.24) is 8.61 Å². The third-order valence-corrected chi connectivity index (χ3v) is 3.68. The molecule has 0 bridgehead atoms. The second-order valence-electron chi connectivity index (χ2n) is 2.62. The Morgan fingerprint density at radius 3 is 0.929 bits per heavy atom. The largest absolute Gasteiger partial charge is 0.278 e. The van der Waals surface area contributed by atoms with Crippen LogP contribution in [-0.4, -0.2) is 34.8 Å². The van der Waals surface area contributed by atoms with Gasteiger partial charge in [0.1, 0.15) is 0 Å². The monoisotopic (exact) mass is 262 g/mol. The van der Waals surface area contributed by atoms with Gasteiger partial charge in [-0.3, -0.25) is 0 Å². The predicted octanol–water partition coefficient (Wildman–Crippen LogP) is 3.35. The van der Waals surface area contributed by atoms with Gasteiger partial charge in [-0.15, -0.1) is 23.3 Å². The lowest BCUT2D eigenvalue weighted by Gasteiger charge is -2.37. The van der Waals surface area contributed by atoms with Gasteiger partial charge in [-0.05, 0) is 0 Å². The second kappa shape index (κ2) is 3.99. The maximum absolute atomic E-state index is 12.1. The zero-order chi connectivity index (χ0) is 11.0. The van der Waals surface area contributed by atoms with E-state index < -0.39 is 48.9 Å². The minimum absolute atomic E-state index is 0.175. The molecule has 14 heavy (non-hydrogen) atoms. The van der Waals surface area contributed by atoms with E-state index in [2.05, 4.69) is 0 Å². The van der Waals surface area contributed by atoms with Crippen LogP contribution in [-0.2, 0) is 0 Å². The molecule has 0 aromatic heterocycles. The third-order valence-electron chi connectivity index (χ3n) is 1.78. The van der Waals surface area contributed by atoms with Crippen LogP contribution in [0, 0.1) is 0 Å². The van der Waals surface area contributed by atoms with Crippen molar-refractivity contribution in [2.24, 2.45) is 0 Å². The molecule has 0 N–H and O–H groups in total. The molecule has 1 aliphatic heterocycles. The van der Waals surface area contributed by atoms with E-state index in [1.165, 1.54) is 0 Å². The van der Waals surface area contributed by atoms with Gasteiger partial charge in [0.15, 0.2) is 0 Å². The maximum Gasteiger partial charge on any atom is 0.278 e. The molecule has 10 heteroatoms. The highest BCUT2D eigenvalue weighted by Crippen LogP contribution is 2.60. The Labute approximate surface area is 81.5 Å². The smallest absolute Gasteiger partial charge is 0.190 e. The summed E-state index contributed by atoms with van der Waals surface area (Å²) in [6.07, 6.45) is 0. The van der Waals surface area contributed by atoms with E-state index in [0.29, 0.717) is 0 Å². The second-order valence-corrected chi connectivity index (χ2v) is 5.18. The third kappa shape index (κ3) is 3.11. The molecule has 0 radical (unpaired) electrons. The fourth-order valence-corrected chi connectivity index (χ4v) is 2.24. The van der Waals surface area contributed by atoms with Gasteiger partial charge in [-0.2, -0.15) is 8.61 Å². The van der Waals surface area contributed by atoms with E-state index in [4.69, 9.17) is 0 Å². The minimum Gasteiger partial charge on any atom is -0.190 e. The highest BCUT2D eigenvalue weighted by molar-refractivity contribution is 8.19. The summed E-state index contributed by atoms with van der Waals surface area (Å²) < 4.78 is 72.8. The summed E-state index contributed by atoms with van der Waals surface area (Å²) in [5, 5.41) is 0. The molecule has 0 unspecified atom stereocenters. The van der Waals surface area contributed by atoms with E-state index >= 15 is 0 Å². The molecule has 2 nitrogen and oxygen atoms in total. The highest BCUT2D eigenvalue weighted by atomic mass is 32.3. The molecule has 0 aliphatic carbocycles. The van der Waals surface area contributed by atoms with Crippen molar-refractivity contribution in [1.29, 1.82) is 0 Å².